The molecule has 94 valence electrons. The molecule has 2 atom stereocenters. The molecule has 0 aromatic heterocycles. The Balaban J connectivity index is 2.77. The summed E-state index contributed by atoms with van der Waals surface area (Å²) in [5.41, 5.74) is 1.93. The third-order valence-electron chi connectivity index (χ3n) is 2.97. The Labute approximate surface area is 107 Å². The molecule has 0 bridgehead atoms. The summed E-state index contributed by atoms with van der Waals surface area (Å²) in [6, 6.07) is 5.66. The Kier molecular flexibility index (Phi) is 4.82. The normalized spacial score (nSPS) is 13.9. The van der Waals surface area contributed by atoms with Crippen molar-refractivity contribution in [1.82, 2.24) is 0 Å². The topological polar surface area (TPSA) is 38.3 Å². The van der Waals surface area contributed by atoms with Gasteiger partial charge in [-0.15, -0.1) is 0 Å². The Bertz CT molecular complexity index is 406. The van der Waals surface area contributed by atoms with E-state index in [1.54, 1.807) is 0 Å². The first-order chi connectivity index (χ1) is 7.97. The molecule has 0 aliphatic heterocycles. The van der Waals surface area contributed by atoms with E-state index in [-0.39, 0.29) is 17.9 Å². The first-order valence-corrected chi connectivity index (χ1v) is 5.94. The standard InChI is InChI=1S/C13H18ClNO2/c1-8(13(16)17-4)10(3)15-12-7-5-6-11(14)9(12)2/h5-8,10,15H,1-4H3. The van der Waals surface area contributed by atoms with Gasteiger partial charge in [0.1, 0.15) is 0 Å². The zero-order chi connectivity index (χ0) is 13.0. The van der Waals surface area contributed by atoms with Crippen LogP contribution in [0.5, 0.6) is 0 Å². The monoisotopic (exact) mass is 255 g/mol. The molecule has 0 aliphatic carbocycles. The lowest BCUT2D eigenvalue weighted by atomic mass is 10.0. The molecule has 4 heteroatoms. The molecule has 1 rings (SSSR count). The van der Waals surface area contributed by atoms with Crippen LogP contribution in [0.3, 0.4) is 0 Å². The Morgan fingerprint density at radius 2 is 2.06 bits per heavy atom. The number of hydrogen-bond acceptors (Lipinski definition) is 3. The number of methoxy groups -OCH3 is 1. The third kappa shape index (κ3) is 3.37. The number of nitrogens with one attached hydrogen (secondary N) is 1. The van der Waals surface area contributed by atoms with E-state index in [2.05, 4.69) is 5.32 Å². The van der Waals surface area contributed by atoms with E-state index in [9.17, 15) is 4.79 Å². The van der Waals surface area contributed by atoms with Crippen LogP contribution in [0.4, 0.5) is 5.69 Å². The SMILES string of the molecule is COC(=O)C(C)C(C)Nc1cccc(Cl)c1C. The maximum Gasteiger partial charge on any atom is 0.310 e. The molecule has 0 radical (unpaired) electrons. The number of ether oxygens (including phenoxy) is 1. The van der Waals surface area contributed by atoms with E-state index < -0.39 is 0 Å². The van der Waals surface area contributed by atoms with E-state index in [0.29, 0.717) is 5.02 Å². The molecule has 0 saturated carbocycles. The average molecular weight is 256 g/mol. The zero-order valence-electron chi connectivity index (χ0n) is 10.6. The van der Waals surface area contributed by atoms with Crippen molar-refractivity contribution < 1.29 is 9.53 Å². The molecular formula is C13H18ClNO2. The average Bonchev–Trinajstić information content (AvgIpc) is 2.32. The minimum Gasteiger partial charge on any atom is -0.469 e. The van der Waals surface area contributed by atoms with Gasteiger partial charge in [0.25, 0.3) is 0 Å². The molecule has 0 fully saturated rings. The maximum absolute atomic E-state index is 11.4. The van der Waals surface area contributed by atoms with E-state index in [1.165, 1.54) is 7.11 Å². The lowest BCUT2D eigenvalue weighted by molar-refractivity contribution is -0.145. The van der Waals surface area contributed by atoms with Crippen LogP contribution in [0.25, 0.3) is 0 Å². The highest BCUT2D eigenvalue weighted by Gasteiger charge is 2.21. The minimum atomic E-state index is -0.218. The van der Waals surface area contributed by atoms with Gasteiger partial charge in [-0.1, -0.05) is 17.7 Å². The first kappa shape index (κ1) is 13.8. The minimum absolute atomic E-state index is 0.0142. The summed E-state index contributed by atoms with van der Waals surface area (Å²) in [6.07, 6.45) is 0. The van der Waals surface area contributed by atoms with Crippen LogP contribution < -0.4 is 5.32 Å². The summed E-state index contributed by atoms with van der Waals surface area (Å²) in [7, 11) is 1.40. The molecule has 0 saturated heterocycles. The van der Waals surface area contributed by atoms with Gasteiger partial charge in [0.05, 0.1) is 13.0 Å². The van der Waals surface area contributed by atoms with Crippen molar-refractivity contribution >= 4 is 23.3 Å². The fourth-order valence-electron chi connectivity index (χ4n) is 1.52. The van der Waals surface area contributed by atoms with Crippen molar-refractivity contribution in [3.8, 4) is 0 Å². The second-order valence-electron chi connectivity index (χ2n) is 4.16. The van der Waals surface area contributed by atoms with Crippen LogP contribution in [-0.2, 0) is 9.53 Å². The molecule has 0 amide bonds. The van der Waals surface area contributed by atoms with Crippen LogP contribution in [0.15, 0.2) is 18.2 Å². The zero-order valence-corrected chi connectivity index (χ0v) is 11.3. The number of esters is 1. The van der Waals surface area contributed by atoms with Gasteiger partial charge in [-0.2, -0.15) is 0 Å². The van der Waals surface area contributed by atoms with Gasteiger partial charge >= 0.3 is 5.97 Å². The van der Waals surface area contributed by atoms with Crippen molar-refractivity contribution in [2.24, 2.45) is 5.92 Å². The summed E-state index contributed by atoms with van der Waals surface area (Å²) in [5.74, 6) is -0.428. The third-order valence-corrected chi connectivity index (χ3v) is 3.38. The van der Waals surface area contributed by atoms with Crippen molar-refractivity contribution in [1.29, 1.82) is 0 Å². The Morgan fingerprint density at radius 3 is 2.65 bits per heavy atom. The molecule has 17 heavy (non-hydrogen) atoms. The van der Waals surface area contributed by atoms with Gasteiger partial charge in [-0.3, -0.25) is 4.79 Å². The highest BCUT2D eigenvalue weighted by Crippen LogP contribution is 2.24. The molecular weight excluding hydrogens is 238 g/mol. The Hall–Kier alpha value is -1.22. The predicted molar refractivity (Wildman–Crippen MR) is 70.5 cm³/mol. The summed E-state index contributed by atoms with van der Waals surface area (Å²) < 4.78 is 4.72. The lowest BCUT2D eigenvalue weighted by Gasteiger charge is -2.21. The molecule has 3 nitrogen and oxygen atoms in total. The number of halogens is 1. The quantitative estimate of drug-likeness (QED) is 0.840. The van der Waals surface area contributed by atoms with E-state index in [4.69, 9.17) is 16.3 Å². The van der Waals surface area contributed by atoms with Crippen LogP contribution in [0.1, 0.15) is 19.4 Å². The number of anilines is 1. The van der Waals surface area contributed by atoms with Gasteiger partial charge in [0.2, 0.25) is 0 Å². The number of hydrogen-bond donors (Lipinski definition) is 1. The van der Waals surface area contributed by atoms with Gasteiger partial charge in [-0.05, 0) is 38.5 Å². The van der Waals surface area contributed by atoms with E-state index >= 15 is 0 Å². The van der Waals surface area contributed by atoms with E-state index in [0.717, 1.165) is 11.3 Å². The van der Waals surface area contributed by atoms with Crippen LogP contribution in [0, 0.1) is 12.8 Å². The van der Waals surface area contributed by atoms with Crippen LogP contribution in [-0.4, -0.2) is 19.1 Å². The molecule has 0 spiro atoms. The largest absolute Gasteiger partial charge is 0.469 e. The predicted octanol–water partition coefficient (Wildman–Crippen LogP) is 3.26. The molecule has 1 aromatic rings. The second-order valence-corrected chi connectivity index (χ2v) is 4.56. The van der Waals surface area contributed by atoms with Gasteiger partial charge < -0.3 is 10.1 Å². The second kappa shape index (κ2) is 5.92. The van der Waals surface area contributed by atoms with Crippen molar-refractivity contribution in [3.05, 3.63) is 28.8 Å². The van der Waals surface area contributed by atoms with Crippen LogP contribution in [0.2, 0.25) is 5.02 Å². The number of benzene rings is 1. The Morgan fingerprint density at radius 1 is 1.41 bits per heavy atom. The smallest absolute Gasteiger partial charge is 0.310 e. The highest BCUT2D eigenvalue weighted by atomic mass is 35.5. The molecule has 0 heterocycles. The van der Waals surface area contributed by atoms with Crippen molar-refractivity contribution in [2.75, 3.05) is 12.4 Å². The number of carbonyl (C=O) groups is 1. The molecule has 0 aliphatic rings. The molecule has 2 unspecified atom stereocenters. The maximum atomic E-state index is 11.4. The van der Waals surface area contributed by atoms with Crippen LogP contribution >= 0.6 is 11.6 Å². The summed E-state index contributed by atoms with van der Waals surface area (Å²) in [5, 5.41) is 4.00. The molecule has 1 aromatic carbocycles. The van der Waals surface area contributed by atoms with Gasteiger partial charge in [-0.25, -0.2) is 0 Å². The van der Waals surface area contributed by atoms with E-state index in [1.807, 2.05) is 39.0 Å². The van der Waals surface area contributed by atoms with Gasteiger partial charge in [0, 0.05) is 16.8 Å². The number of rotatable bonds is 4. The summed E-state index contributed by atoms with van der Waals surface area (Å²) in [6.45, 7) is 5.73. The lowest BCUT2D eigenvalue weighted by Crippen LogP contribution is -2.30. The van der Waals surface area contributed by atoms with Crippen molar-refractivity contribution in [2.45, 2.75) is 26.8 Å². The highest BCUT2D eigenvalue weighted by molar-refractivity contribution is 6.31. The summed E-state index contributed by atoms with van der Waals surface area (Å²) >= 11 is 6.04. The fourth-order valence-corrected chi connectivity index (χ4v) is 1.70. The number of carbonyl (C=O) groups excluding carboxylic acids is 1. The fraction of sp³-hybridized carbons (Fsp3) is 0.462. The molecule has 1 N–H and O–H groups in total. The van der Waals surface area contributed by atoms with Gasteiger partial charge in [0.15, 0.2) is 0 Å². The summed E-state index contributed by atoms with van der Waals surface area (Å²) in [4.78, 5) is 11.4. The first-order valence-electron chi connectivity index (χ1n) is 5.56. The van der Waals surface area contributed by atoms with Crippen molar-refractivity contribution in [3.63, 3.8) is 0 Å².